The number of carboxylic acids is 1. The van der Waals surface area contributed by atoms with Gasteiger partial charge in [-0.3, -0.25) is 4.98 Å². The van der Waals surface area contributed by atoms with Crippen molar-refractivity contribution in [1.82, 2.24) is 14.5 Å². The van der Waals surface area contributed by atoms with Gasteiger partial charge >= 0.3 is 5.97 Å². The number of fused-ring (bicyclic) bond motifs is 1. The molecular formula is C14H11N3O2. The summed E-state index contributed by atoms with van der Waals surface area (Å²) in [6.07, 6.45) is 3.43. The Kier molecular flexibility index (Phi) is 2.52. The highest BCUT2D eigenvalue weighted by atomic mass is 16.4. The summed E-state index contributed by atoms with van der Waals surface area (Å²) in [5.41, 5.74) is 2.78. The van der Waals surface area contributed by atoms with Crippen molar-refractivity contribution in [3.05, 3.63) is 48.3 Å². The molecule has 0 radical (unpaired) electrons. The molecule has 2 heterocycles. The van der Waals surface area contributed by atoms with Crippen LogP contribution < -0.4 is 0 Å². The first-order valence-corrected chi connectivity index (χ1v) is 5.77. The van der Waals surface area contributed by atoms with E-state index in [0.717, 1.165) is 22.4 Å². The number of carboxylic acid groups (broad SMARTS) is 1. The molecule has 0 atom stereocenters. The van der Waals surface area contributed by atoms with Gasteiger partial charge in [-0.25, -0.2) is 9.78 Å². The number of hydrogen-bond donors (Lipinski definition) is 1. The standard InChI is InChI=1S/C14H11N3O2/c1-17-12-8-15-6-5-11(12)16-13(17)9-3-2-4-10(7-9)14(18)19/h2-8H,1H3,(H,18,19). The minimum absolute atomic E-state index is 0.252. The lowest BCUT2D eigenvalue weighted by Gasteiger charge is -2.03. The number of rotatable bonds is 2. The molecule has 0 unspecified atom stereocenters. The van der Waals surface area contributed by atoms with E-state index >= 15 is 0 Å². The number of hydrogen-bond acceptors (Lipinski definition) is 3. The zero-order valence-corrected chi connectivity index (χ0v) is 10.2. The zero-order chi connectivity index (χ0) is 13.4. The molecule has 0 saturated heterocycles. The molecule has 1 aromatic carbocycles. The quantitative estimate of drug-likeness (QED) is 0.761. The van der Waals surface area contributed by atoms with Crippen molar-refractivity contribution in [1.29, 1.82) is 0 Å². The van der Waals surface area contributed by atoms with Crippen LogP contribution in [0.4, 0.5) is 0 Å². The van der Waals surface area contributed by atoms with Crippen molar-refractivity contribution in [2.75, 3.05) is 0 Å². The lowest BCUT2D eigenvalue weighted by Crippen LogP contribution is -1.98. The number of carbonyl (C=O) groups is 1. The Bertz CT molecular complexity index is 777. The van der Waals surface area contributed by atoms with Crippen LogP contribution in [0.15, 0.2) is 42.7 Å². The van der Waals surface area contributed by atoms with Crippen molar-refractivity contribution in [2.24, 2.45) is 7.05 Å². The molecule has 0 saturated carbocycles. The molecule has 0 aliphatic rings. The largest absolute Gasteiger partial charge is 0.478 e. The number of benzene rings is 1. The third-order valence-corrected chi connectivity index (χ3v) is 3.05. The van der Waals surface area contributed by atoms with Crippen LogP contribution in [-0.4, -0.2) is 25.6 Å². The Morgan fingerprint density at radius 1 is 1.32 bits per heavy atom. The molecule has 2 aromatic heterocycles. The number of nitrogens with zero attached hydrogens (tertiary/aromatic N) is 3. The number of pyridine rings is 1. The van der Waals surface area contributed by atoms with E-state index < -0.39 is 5.97 Å². The van der Waals surface area contributed by atoms with Crippen LogP contribution in [0.1, 0.15) is 10.4 Å². The highest BCUT2D eigenvalue weighted by molar-refractivity contribution is 5.89. The second-order valence-corrected chi connectivity index (χ2v) is 4.24. The second kappa shape index (κ2) is 4.20. The Morgan fingerprint density at radius 2 is 2.16 bits per heavy atom. The van der Waals surface area contributed by atoms with E-state index in [1.54, 1.807) is 30.6 Å². The topological polar surface area (TPSA) is 68.0 Å². The summed E-state index contributed by atoms with van der Waals surface area (Å²) in [7, 11) is 1.89. The molecule has 94 valence electrons. The first kappa shape index (κ1) is 11.4. The minimum atomic E-state index is -0.942. The van der Waals surface area contributed by atoms with Crippen LogP contribution in [0, 0.1) is 0 Å². The van der Waals surface area contributed by atoms with Crippen LogP contribution in [0.3, 0.4) is 0 Å². The van der Waals surface area contributed by atoms with E-state index in [-0.39, 0.29) is 5.56 Å². The Hall–Kier alpha value is -2.69. The lowest BCUT2D eigenvalue weighted by atomic mass is 10.1. The fraction of sp³-hybridized carbons (Fsp3) is 0.0714. The molecule has 0 aliphatic heterocycles. The predicted octanol–water partition coefficient (Wildman–Crippen LogP) is 2.33. The molecule has 3 rings (SSSR count). The maximum Gasteiger partial charge on any atom is 0.335 e. The molecule has 5 heteroatoms. The van der Waals surface area contributed by atoms with Gasteiger partial charge in [-0.05, 0) is 18.2 Å². The van der Waals surface area contributed by atoms with Crippen molar-refractivity contribution >= 4 is 17.0 Å². The molecule has 0 spiro atoms. The molecule has 0 fully saturated rings. The number of aryl methyl sites for hydroxylation is 1. The molecular weight excluding hydrogens is 242 g/mol. The number of aromatic carboxylic acids is 1. The summed E-state index contributed by atoms with van der Waals surface area (Å²) in [4.78, 5) is 19.6. The third kappa shape index (κ3) is 1.85. The van der Waals surface area contributed by atoms with Gasteiger partial charge < -0.3 is 9.67 Å². The molecule has 0 aliphatic carbocycles. The van der Waals surface area contributed by atoms with Crippen molar-refractivity contribution in [3.8, 4) is 11.4 Å². The van der Waals surface area contributed by atoms with Crippen LogP contribution in [0.25, 0.3) is 22.4 Å². The smallest absolute Gasteiger partial charge is 0.335 e. The Morgan fingerprint density at radius 3 is 2.89 bits per heavy atom. The highest BCUT2D eigenvalue weighted by Crippen LogP contribution is 2.23. The monoisotopic (exact) mass is 253 g/mol. The summed E-state index contributed by atoms with van der Waals surface area (Å²) in [5, 5.41) is 9.03. The van der Waals surface area contributed by atoms with Gasteiger partial charge in [0.05, 0.1) is 22.8 Å². The van der Waals surface area contributed by atoms with Gasteiger partial charge in [0.25, 0.3) is 0 Å². The number of imidazole rings is 1. The van der Waals surface area contributed by atoms with Crippen molar-refractivity contribution in [2.45, 2.75) is 0 Å². The Labute approximate surface area is 109 Å². The van der Waals surface area contributed by atoms with Gasteiger partial charge in [0.1, 0.15) is 5.82 Å². The van der Waals surface area contributed by atoms with Crippen LogP contribution >= 0.6 is 0 Å². The lowest BCUT2D eigenvalue weighted by molar-refractivity contribution is 0.0697. The van der Waals surface area contributed by atoms with E-state index in [1.807, 2.05) is 23.7 Å². The number of aromatic nitrogens is 3. The molecule has 1 N–H and O–H groups in total. The fourth-order valence-corrected chi connectivity index (χ4v) is 2.08. The fourth-order valence-electron chi connectivity index (χ4n) is 2.08. The van der Waals surface area contributed by atoms with E-state index in [1.165, 1.54) is 0 Å². The van der Waals surface area contributed by atoms with Gasteiger partial charge in [0, 0.05) is 18.8 Å². The second-order valence-electron chi connectivity index (χ2n) is 4.24. The van der Waals surface area contributed by atoms with E-state index in [2.05, 4.69) is 9.97 Å². The van der Waals surface area contributed by atoms with Crippen molar-refractivity contribution < 1.29 is 9.90 Å². The maximum absolute atomic E-state index is 11.0. The van der Waals surface area contributed by atoms with Gasteiger partial charge in [0.15, 0.2) is 0 Å². The SMILES string of the molecule is Cn1c(-c2cccc(C(=O)O)c2)nc2ccncc21. The van der Waals surface area contributed by atoms with E-state index in [4.69, 9.17) is 5.11 Å². The highest BCUT2D eigenvalue weighted by Gasteiger charge is 2.11. The summed E-state index contributed by atoms with van der Waals surface area (Å²) in [6, 6.07) is 8.59. The summed E-state index contributed by atoms with van der Waals surface area (Å²) in [6.45, 7) is 0. The summed E-state index contributed by atoms with van der Waals surface area (Å²) >= 11 is 0. The van der Waals surface area contributed by atoms with E-state index in [9.17, 15) is 4.79 Å². The van der Waals surface area contributed by atoms with E-state index in [0.29, 0.717) is 0 Å². The molecule has 0 bridgehead atoms. The predicted molar refractivity (Wildman–Crippen MR) is 70.9 cm³/mol. The first-order chi connectivity index (χ1) is 9.16. The van der Waals surface area contributed by atoms with Gasteiger partial charge in [-0.1, -0.05) is 12.1 Å². The average molecular weight is 253 g/mol. The van der Waals surface area contributed by atoms with Crippen LogP contribution in [-0.2, 0) is 7.05 Å². The molecule has 0 amide bonds. The molecule has 3 aromatic rings. The van der Waals surface area contributed by atoms with Gasteiger partial charge in [0.2, 0.25) is 0 Å². The first-order valence-electron chi connectivity index (χ1n) is 5.77. The molecule has 5 nitrogen and oxygen atoms in total. The maximum atomic E-state index is 11.0. The van der Waals surface area contributed by atoms with Crippen molar-refractivity contribution in [3.63, 3.8) is 0 Å². The minimum Gasteiger partial charge on any atom is -0.478 e. The Balaban J connectivity index is 2.21. The normalized spacial score (nSPS) is 10.8. The molecule has 19 heavy (non-hydrogen) atoms. The zero-order valence-electron chi connectivity index (χ0n) is 10.2. The summed E-state index contributed by atoms with van der Waals surface area (Å²) < 4.78 is 1.91. The van der Waals surface area contributed by atoms with Gasteiger partial charge in [-0.15, -0.1) is 0 Å². The average Bonchev–Trinajstić information content (AvgIpc) is 2.77. The summed E-state index contributed by atoms with van der Waals surface area (Å²) in [5.74, 6) is -0.214. The van der Waals surface area contributed by atoms with Gasteiger partial charge in [-0.2, -0.15) is 0 Å². The van der Waals surface area contributed by atoms with Crippen LogP contribution in [0.2, 0.25) is 0 Å². The third-order valence-electron chi connectivity index (χ3n) is 3.05. The van der Waals surface area contributed by atoms with Crippen LogP contribution in [0.5, 0.6) is 0 Å².